The Kier molecular flexibility index (Phi) is 8.28. The first-order valence-electron chi connectivity index (χ1n) is 10.2. The van der Waals surface area contributed by atoms with Gasteiger partial charge in [0.2, 0.25) is 0 Å². The predicted molar refractivity (Wildman–Crippen MR) is 132 cm³/mol. The van der Waals surface area contributed by atoms with Gasteiger partial charge in [-0.1, -0.05) is 21.1 Å². The van der Waals surface area contributed by atoms with Crippen molar-refractivity contribution in [2.45, 2.75) is 19.5 Å². The highest BCUT2D eigenvalue weighted by atomic mass is 79.9. The Labute approximate surface area is 208 Å². The maximum absolute atomic E-state index is 12.8. The maximum Gasteiger partial charge on any atom is 0.573 e. The molecule has 0 amide bonds. The molecule has 0 aliphatic rings. The lowest BCUT2D eigenvalue weighted by Gasteiger charge is -2.30. The molecule has 0 fully saturated rings. The molecule has 0 aliphatic carbocycles. The van der Waals surface area contributed by atoms with Gasteiger partial charge in [0.1, 0.15) is 18.6 Å². The molecule has 186 valence electrons. The van der Waals surface area contributed by atoms with E-state index in [9.17, 15) is 13.2 Å². The number of nitrogen functional groups attached to an aromatic ring is 1. The molecule has 1 atom stereocenters. The number of anilines is 3. The summed E-state index contributed by atoms with van der Waals surface area (Å²) in [6.07, 6.45) is -2.24. The van der Waals surface area contributed by atoms with Crippen molar-refractivity contribution in [3.05, 3.63) is 64.9 Å². The van der Waals surface area contributed by atoms with Crippen molar-refractivity contribution in [2.24, 2.45) is 5.16 Å². The van der Waals surface area contributed by atoms with Crippen LogP contribution in [0.4, 0.5) is 30.2 Å². The summed E-state index contributed by atoms with van der Waals surface area (Å²) in [4.78, 5) is 10.6. The fraction of sp³-hybridized carbons (Fsp3) is 0.217. The summed E-state index contributed by atoms with van der Waals surface area (Å²) in [6, 6.07) is 12.9. The zero-order valence-corrected chi connectivity index (χ0v) is 20.6. The number of pyridine rings is 1. The number of hydrogen-bond acceptors (Lipinski definition) is 8. The van der Waals surface area contributed by atoms with E-state index in [1.165, 1.54) is 25.5 Å². The van der Waals surface area contributed by atoms with Crippen molar-refractivity contribution in [1.29, 1.82) is 0 Å². The number of rotatable bonds is 9. The first-order valence-corrected chi connectivity index (χ1v) is 11.0. The number of oxime groups is 1. The quantitative estimate of drug-likeness (QED) is 0.145. The van der Waals surface area contributed by atoms with E-state index in [4.69, 9.17) is 10.5 Å². The van der Waals surface area contributed by atoms with Gasteiger partial charge in [-0.2, -0.15) is 0 Å². The minimum absolute atomic E-state index is 0.175. The van der Waals surface area contributed by atoms with E-state index in [0.29, 0.717) is 33.0 Å². The zero-order valence-electron chi connectivity index (χ0n) is 19.0. The predicted octanol–water partition coefficient (Wildman–Crippen LogP) is 5.99. The van der Waals surface area contributed by atoms with Gasteiger partial charge in [-0.15, -0.1) is 13.2 Å². The van der Waals surface area contributed by atoms with Crippen molar-refractivity contribution in [3.8, 4) is 17.2 Å². The number of nitrogens with zero attached hydrogens (tertiary/aromatic N) is 3. The summed E-state index contributed by atoms with van der Waals surface area (Å²) in [7, 11) is 3.19. The van der Waals surface area contributed by atoms with Crippen molar-refractivity contribution in [1.82, 2.24) is 4.98 Å². The number of halogens is 4. The van der Waals surface area contributed by atoms with Crippen LogP contribution in [0.2, 0.25) is 0 Å². The van der Waals surface area contributed by atoms with E-state index in [2.05, 4.69) is 41.0 Å². The smallest absolute Gasteiger partial charge is 0.457 e. The van der Waals surface area contributed by atoms with Gasteiger partial charge in [0.15, 0.2) is 5.75 Å². The molecule has 3 aromatic rings. The van der Waals surface area contributed by atoms with E-state index in [1.54, 1.807) is 61.5 Å². The Morgan fingerprint density at radius 3 is 2.57 bits per heavy atom. The molecule has 0 spiro atoms. The second-order valence-corrected chi connectivity index (χ2v) is 8.19. The van der Waals surface area contributed by atoms with Crippen LogP contribution in [0.25, 0.3) is 0 Å². The van der Waals surface area contributed by atoms with Gasteiger partial charge >= 0.3 is 6.36 Å². The lowest BCUT2D eigenvalue weighted by Crippen LogP contribution is -2.36. The molecule has 1 aromatic heterocycles. The summed E-state index contributed by atoms with van der Waals surface area (Å²) in [5, 5.41) is 6.70. The van der Waals surface area contributed by atoms with Gasteiger partial charge in [0.25, 0.3) is 0 Å². The van der Waals surface area contributed by atoms with Crippen LogP contribution in [-0.2, 0) is 4.84 Å². The van der Waals surface area contributed by atoms with Crippen LogP contribution >= 0.6 is 15.9 Å². The molecular weight excluding hydrogens is 531 g/mol. The number of nitrogens with one attached hydrogen (secondary N) is 1. The molecule has 8 nitrogen and oxygen atoms in total. The van der Waals surface area contributed by atoms with Crippen LogP contribution in [0.15, 0.2) is 64.4 Å². The molecule has 3 N–H and O–H groups in total. The van der Waals surface area contributed by atoms with Crippen molar-refractivity contribution >= 4 is 39.2 Å². The van der Waals surface area contributed by atoms with Gasteiger partial charge in [-0.05, 0) is 43.3 Å². The highest BCUT2D eigenvalue weighted by Crippen LogP contribution is 2.35. The van der Waals surface area contributed by atoms with Crippen LogP contribution in [0.3, 0.4) is 0 Å². The van der Waals surface area contributed by atoms with Crippen molar-refractivity contribution < 1.29 is 27.5 Å². The first kappa shape index (κ1) is 25.9. The molecule has 1 heterocycles. The molecule has 0 bridgehead atoms. The van der Waals surface area contributed by atoms with Gasteiger partial charge in [0.05, 0.1) is 35.1 Å². The molecule has 0 radical (unpaired) electrons. The molecule has 35 heavy (non-hydrogen) atoms. The van der Waals surface area contributed by atoms with Crippen LogP contribution in [0.5, 0.6) is 17.2 Å². The zero-order chi connectivity index (χ0) is 25.6. The lowest BCUT2D eigenvalue weighted by molar-refractivity contribution is -0.274. The van der Waals surface area contributed by atoms with E-state index in [0.717, 1.165) is 0 Å². The number of benzene rings is 2. The average molecular weight is 554 g/mol. The van der Waals surface area contributed by atoms with Crippen molar-refractivity contribution in [2.75, 3.05) is 30.1 Å². The Morgan fingerprint density at radius 2 is 1.89 bits per heavy atom. The summed E-state index contributed by atoms with van der Waals surface area (Å²) in [6.45, 7) is 1.78. The van der Waals surface area contributed by atoms with Gasteiger partial charge in [-0.25, -0.2) is 0 Å². The largest absolute Gasteiger partial charge is 0.573 e. The molecule has 2 aromatic carbocycles. The van der Waals surface area contributed by atoms with E-state index < -0.39 is 12.5 Å². The monoisotopic (exact) mass is 553 g/mol. The summed E-state index contributed by atoms with van der Waals surface area (Å²) in [5.41, 5.74) is 8.04. The number of hydrogen-bond donors (Lipinski definition) is 2. The minimum atomic E-state index is -4.82. The Balaban J connectivity index is 1.74. The molecule has 0 aliphatic heterocycles. The van der Waals surface area contributed by atoms with Gasteiger partial charge < -0.3 is 30.3 Å². The highest BCUT2D eigenvalue weighted by molar-refractivity contribution is 9.10. The third-order valence-electron chi connectivity index (χ3n) is 4.77. The molecule has 0 saturated heterocycles. The lowest BCUT2D eigenvalue weighted by atomic mass is 10.2. The third kappa shape index (κ3) is 7.41. The fourth-order valence-electron chi connectivity index (χ4n) is 3.08. The number of alkyl halides is 3. The Morgan fingerprint density at radius 1 is 1.14 bits per heavy atom. The summed E-state index contributed by atoms with van der Waals surface area (Å²) < 4.78 is 48.9. The highest BCUT2D eigenvalue weighted by Gasteiger charge is 2.32. The maximum atomic E-state index is 12.8. The number of aromatic nitrogens is 1. The van der Waals surface area contributed by atoms with E-state index in [-0.39, 0.29) is 11.4 Å². The van der Waals surface area contributed by atoms with Gasteiger partial charge in [-0.3, -0.25) is 4.98 Å². The van der Waals surface area contributed by atoms with Crippen LogP contribution in [0, 0.1) is 0 Å². The Bertz CT molecular complexity index is 1190. The molecular formula is C23H23BrF3N5O3. The number of nitrogens with two attached hydrogens (primary N) is 1. The molecule has 3 rings (SSSR count). The minimum Gasteiger partial charge on any atom is -0.457 e. The number of ether oxygens (including phenoxy) is 2. The Hall–Kier alpha value is -3.67. The normalized spacial score (nSPS) is 12.3. The second-order valence-electron chi connectivity index (χ2n) is 7.28. The van der Waals surface area contributed by atoms with E-state index in [1.807, 2.05) is 0 Å². The first-order chi connectivity index (χ1) is 16.6. The standard InChI is InChI=1S/C23H23BrF3N5O3/c1-14(31-20-6-4-15(24)10-22(20)35-23(25,26)27)32(2)21-7-5-17(12-19(21)28)34-18-8-9-29-16(11-18)13-30-33-3/h4-14,31H,28H2,1-3H3/b30-13-. The fourth-order valence-corrected chi connectivity index (χ4v) is 3.42. The second kappa shape index (κ2) is 11.2. The van der Waals surface area contributed by atoms with Crippen LogP contribution in [-0.4, -0.2) is 37.9 Å². The molecule has 0 saturated carbocycles. The SMILES string of the molecule is CO/N=C\c1cc(Oc2ccc(N(C)C(C)Nc3ccc(Br)cc3OC(F)(F)F)c(N)c2)ccn1. The summed E-state index contributed by atoms with van der Waals surface area (Å²) >= 11 is 3.16. The molecule has 1 unspecified atom stereocenters. The topological polar surface area (TPSA) is 94.2 Å². The van der Waals surface area contributed by atoms with Crippen molar-refractivity contribution in [3.63, 3.8) is 0 Å². The average Bonchev–Trinajstić information content (AvgIpc) is 2.78. The third-order valence-corrected chi connectivity index (χ3v) is 5.27. The molecule has 12 heteroatoms. The van der Waals surface area contributed by atoms with Crippen LogP contribution < -0.4 is 25.4 Å². The van der Waals surface area contributed by atoms with Gasteiger partial charge in [0, 0.05) is 29.8 Å². The van der Waals surface area contributed by atoms with E-state index >= 15 is 0 Å². The van der Waals surface area contributed by atoms with Crippen LogP contribution in [0.1, 0.15) is 12.6 Å². The summed E-state index contributed by atoms with van der Waals surface area (Å²) in [5.74, 6) is 0.673.